The van der Waals surface area contributed by atoms with Crippen LogP contribution in [-0.4, -0.2) is 6.04 Å². The van der Waals surface area contributed by atoms with E-state index in [1.807, 2.05) is 6.07 Å². The van der Waals surface area contributed by atoms with Crippen molar-refractivity contribution in [2.75, 3.05) is 0 Å². The van der Waals surface area contributed by atoms with Crippen molar-refractivity contribution >= 4 is 11.0 Å². The minimum Gasteiger partial charge on any atom is -0.461 e. The smallest absolute Gasteiger partial charge is 0.134 e. The van der Waals surface area contributed by atoms with Crippen LogP contribution in [0.4, 0.5) is 0 Å². The molecule has 1 atom stereocenters. The average Bonchev–Trinajstić information content (AvgIpc) is 2.71. The molecule has 2 nitrogen and oxygen atoms in total. The van der Waals surface area contributed by atoms with E-state index in [1.54, 1.807) is 0 Å². The molecular formula is C18H25NO. The maximum Gasteiger partial charge on any atom is 0.134 e. The first-order valence-corrected chi connectivity index (χ1v) is 7.75. The van der Waals surface area contributed by atoms with Gasteiger partial charge in [-0.25, -0.2) is 0 Å². The first kappa shape index (κ1) is 13.7. The summed E-state index contributed by atoms with van der Waals surface area (Å²) in [5.41, 5.74) is 2.82. The van der Waals surface area contributed by atoms with Gasteiger partial charge in [-0.1, -0.05) is 38.5 Å². The van der Waals surface area contributed by atoms with Gasteiger partial charge in [0.25, 0.3) is 0 Å². The summed E-state index contributed by atoms with van der Waals surface area (Å²) < 4.78 is 5.84. The van der Waals surface area contributed by atoms with Gasteiger partial charge in [-0.05, 0) is 37.7 Å². The van der Waals surface area contributed by atoms with E-state index < -0.39 is 0 Å². The summed E-state index contributed by atoms with van der Waals surface area (Å²) in [6.07, 6.45) is 5.29. The highest BCUT2D eigenvalue weighted by atomic mass is 16.3. The van der Waals surface area contributed by atoms with E-state index in [9.17, 15) is 0 Å². The van der Waals surface area contributed by atoms with E-state index in [-0.39, 0.29) is 0 Å². The van der Waals surface area contributed by atoms with Crippen molar-refractivity contribution in [2.45, 2.75) is 59.0 Å². The molecular weight excluding hydrogens is 246 g/mol. The lowest BCUT2D eigenvalue weighted by molar-refractivity contribution is 0.197. The van der Waals surface area contributed by atoms with Crippen molar-refractivity contribution in [1.29, 1.82) is 0 Å². The lowest BCUT2D eigenvalue weighted by atomic mass is 9.75. The first-order chi connectivity index (χ1) is 9.55. The molecule has 1 aromatic carbocycles. The number of fused-ring (bicyclic) bond motifs is 1. The van der Waals surface area contributed by atoms with Crippen LogP contribution in [0.25, 0.3) is 11.0 Å². The number of hydrogen-bond donors (Lipinski definition) is 1. The van der Waals surface area contributed by atoms with Crippen LogP contribution in [-0.2, 0) is 6.54 Å². The summed E-state index contributed by atoms with van der Waals surface area (Å²) >= 11 is 0. The fourth-order valence-electron chi connectivity index (χ4n) is 3.56. The van der Waals surface area contributed by atoms with Crippen LogP contribution < -0.4 is 5.32 Å². The van der Waals surface area contributed by atoms with Crippen LogP contribution >= 0.6 is 0 Å². The van der Waals surface area contributed by atoms with Gasteiger partial charge in [0.15, 0.2) is 0 Å². The monoisotopic (exact) mass is 271 g/mol. The molecule has 3 rings (SSSR count). The molecule has 20 heavy (non-hydrogen) atoms. The third-order valence-electron chi connectivity index (χ3n) is 4.67. The van der Waals surface area contributed by atoms with Gasteiger partial charge in [-0.3, -0.25) is 0 Å². The zero-order valence-electron chi connectivity index (χ0n) is 12.8. The number of aryl methyl sites for hydroxylation is 1. The molecule has 108 valence electrons. The van der Waals surface area contributed by atoms with E-state index in [2.05, 4.69) is 44.3 Å². The van der Waals surface area contributed by atoms with Crippen LogP contribution in [0.15, 0.2) is 28.7 Å². The van der Waals surface area contributed by atoms with E-state index >= 15 is 0 Å². The number of hydrogen-bond acceptors (Lipinski definition) is 2. The summed E-state index contributed by atoms with van der Waals surface area (Å²) in [5.74, 6) is 1.05. The van der Waals surface area contributed by atoms with Crippen LogP contribution in [0, 0.1) is 12.3 Å². The SMILES string of the molecule is Cc1oc2ccccc2c1CNC1CCCC(C)(C)C1. The Kier molecular flexibility index (Phi) is 3.59. The Morgan fingerprint density at radius 1 is 1.30 bits per heavy atom. The molecule has 1 aliphatic rings. The number of benzene rings is 1. The lowest BCUT2D eigenvalue weighted by Gasteiger charge is -2.35. The molecule has 1 N–H and O–H groups in total. The van der Waals surface area contributed by atoms with Gasteiger partial charge in [0, 0.05) is 23.5 Å². The van der Waals surface area contributed by atoms with E-state index in [0.717, 1.165) is 17.9 Å². The molecule has 1 aliphatic carbocycles. The molecule has 0 bridgehead atoms. The predicted molar refractivity (Wildman–Crippen MR) is 83.8 cm³/mol. The molecule has 0 saturated heterocycles. The first-order valence-electron chi connectivity index (χ1n) is 7.75. The van der Waals surface area contributed by atoms with Crippen LogP contribution in [0.1, 0.15) is 50.9 Å². The van der Waals surface area contributed by atoms with Gasteiger partial charge in [-0.2, -0.15) is 0 Å². The predicted octanol–water partition coefficient (Wildman–Crippen LogP) is 4.80. The fraction of sp³-hybridized carbons (Fsp3) is 0.556. The van der Waals surface area contributed by atoms with Crippen molar-refractivity contribution < 1.29 is 4.42 Å². The molecule has 2 aromatic rings. The second-order valence-corrected chi connectivity index (χ2v) is 6.97. The van der Waals surface area contributed by atoms with Crippen LogP contribution in [0.3, 0.4) is 0 Å². The van der Waals surface area contributed by atoms with Crippen molar-refractivity contribution in [3.05, 3.63) is 35.6 Å². The highest BCUT2D eigenvalue weighted by molar-refractivity contribution is 5.82. The Morgan fingerprint density at radius 2 is 2.10 bits per heavy atom. The molecule has 1 fully saturated rings. The van der Waals surface area contributed by atoms with Gasteiger partial charge >= 0.3 is 0 Å². The quantitative estimate of drug-likeness (QED) is 0.867. The fourth-order valence-corrected chi connectivity index (χ4v) is 3.56. The minimum absolute atomic E-state index is 0.490. The Balaban J connectivity index is 1.72. The molecule has 1 saturated carbocycles. The Bertz CT molecular complexity index is 596. The summed E-state index contributed by atoms with van der Waals surface area (Å²) in [5, 5.41) is 5.01. The van der Waals surface area contributed by atoms with E-state index in [1.165, 1.54) is 36.6 Å². The average molecular weight is 271 g/mol. The van der Waals surface area contributed by atoms with Crippen molar-refractivity contribution in [1.82, 2.24) is 5.32 Å². The van der Waals surface area contributed by atoms with Gasteiger partial charge in [0.1, 0.15) is 11.3 Å². The second kappa shape index (κ2) is 5.25. The zero-order valence-corrected chi connectivity index (χ0v) is 12.8. The van der Waals surface area contributed by atoms with Crippen molar-refractivity contribution in [3.63, 3.8) is 0 Å². The summed E-state index contributed by atoms with van der Waals surface area (Å²) in [6, 6.07) is 8.98. The highest BCUT2D eigenvalue weighted by Crippen LogP contribution is 2.35. The molecule has 2 heteroatoms. The third-order valence-corrected chi connectivity index (χ3v) is 4.67. The van der Waals surface area contributed by atoms with Crippen molar-refractivity contribution in [2.24, 2.45) is 5.41 Å². The maximum absolute atomic E-state index is 5.84. The van der Waals surface area contributed by atoms with E-state index in [0.29, 0.717) is 11.5 Å². The molecule has 1 heterocycles. The normalized spacial score (nSPS) is 22.2. The molecule has 1 aromatic heterocycles. The Morgan fingerprint density at radius 3 is 2.90 bits per heavy atom. The van der Waals surface area contributed by atoms with Gasteiger partial charge in [0.2, 0.25) is 0 Å². The van der Waals surface area contributed by atoms with Gasteiger partial charge in [-0.15, -0.1) is 0 Å². The van der Waals surface area contributed by atoms with Gasteiger partial charge in [0.05, 0.1) is 0 Å². The van der Waals surface area contributed by atoms with Crippen molar-refractivity contribution in [3.8, 4) is 0 Å². The molecule has 0 spiro atoms. The molecule has 1 unspecified atom stereocenters. The lowest BCUT2D eigenvalue weighted by Crippen LogP contribution is -2.36. The Labute approximate surface area is 121 Å². The second-order valence-electron chi connectivity index (χ2n) is 6.97. The molecule has 0 radical (unpaired) electrons. The zero-order chi connectivity index (χ0) is 14.2. The number of furan rings is 1. The summed E-state index contributed by atoms with van der Waals surface area (Å²) in [6.45, 7) is 7.77. The third kappa shape index (κ3) is 2.76. The standard InChI is InChI=1S/C18H25NO/c1-13-16(15-8-4-5-9-17(15)20-13)12-19-14-7-6-10-18(2,3)11-14/h4-5,8-9,14,19H,6-7,10-12H2,1-3H3. The minimum atomic E-state index is 0.490. The Hall–Kier alpha value is -1.28. The summed E-state index contributed by atoms with van der Waals surface area (Å²) in [4.78, 5) is 0. The molecule has 0 aliphatic heterocycles. The number of rotatable bonds is 3. The highest BCUT2D eigenvalue weighted by Gasteiger charge is 2.27. The topological polar surface area (TPSA) is 25.2 Å². The molecule has 0 amide bonds. The van der Waals surface area contributed by atoms with Crippen LogP contribution in [0.2, 0.25) is 0 Å². The number of nitrogens with one attached hydrogen (secondary N) is 1. The largest absolute Gasteiger partial charge is 0.461 e. The summed E-state index contributed by atoms with van der Waals surface area (Å²) in [7, 11) is 0. The maximum atomic E-state index is 5.84. The van der Waals surface area contributed by atoms with Gasteiger partial charge < -0.3 is 9.73 Å². The number of para-hydroxylation sites is 1. The van der Waals surface area contributed by atoms with Crippen LogP contribution in [0.5, 0.6) is 0 Å². The van der Waals surface area contributed by atoms with E-state index in [4.69, 9.17) is 4.42 Å².